The van der Waals surface area contributed by atoms with Gasteiger partial charge in [-0.1, -0.05) is 38.1 Å². The zero-order valence-electron chi connectivity index (χ0n) is 16.5. The average molecular weight is 370 g/mol. The Morgan fingerprint density at radius 2 is 1.93 bits per heavy atom. The minimum absolute atomic E-state index is 0.0778. The van der Waals surface area contributed by atoms with Crippen molar-refractivity contribution in [2.45, 2.75) is 46.0 Å². The minimum atomic E-state index is -0.578. The molecule has 0 radical (unpaired) electrons. The number of hydrogen-bond acceptors (Lipinski definition) is 3. The van der Waals surface area contributed by atoms with Crippen molar-refractivity contribution in [3.63, 3.8) is 0 Å². The molecule has 0 spiro atoms. The third kappa shape index (κ3) is 3.93. The van der Waals surface area contributed by atoms with Gasteiger partial charge in [-0.25, -0.2) is 0 Å². The summed E-state index contributed by atoms with van der Waals surface area (Å²) in [5, 5.41) is 3.17. The molecule has 1 saturated heterocycles. The number of nitrogens with one attached hydrogen (secondary N) is 1. The molecule has 1 fully saturated rings. The zero-order chi connectivity index (χ0) is 19.3. The number of anilines is 1. The fraction of sp³-hybridized carbons (Fsp3) is 0.545. The van der Waals surface area contributed by atoms with E-state index in [1.165, 1.54) is 0 Å². The normalized spacial score (nSPS) is 22.4. The summed E-state index contributed by atoms with van der Waals surface area (Å²) >= 11 is 0. The number of allylic oxidation sites excluding steroid dienone is 1. The molecule has 1 aliphatic carbocycles. The summed E-state index contributed by atoms with van der Waals surface area (Å²) in [5.74, 6) is 0.162. The van der Waals surface area contributed by atoms with E-state index in [-0.39, 0.29) is 11.8 Å². The van der Waals surface area contributed by atoms with Gasteiger partial charge in [-0.2, -0.15) is 0 Å². The molecule has 1 atom stereocenters. The van der Waals surface area contributed by atoms with E-state index >= 15 is 0 Å². The lowest BCUT2D eigenvalue weighted by molar-refractivity contribution is -0.132. The SMILES string of the molecule is CCN(CC)CCNC(=O)C12CCCC=C1N(c1ccccc1)C(=O)CC2. The van der Waals surface area contributed by atoms with Crippen molar-refractivity contribution in [1.29, 1.82) is 0 Å². The predicted molar refractivity (Wildman–Crippen MR) is 108 cm³/mol. The quantitative estimate of drug-likeness (QED) is 0.802. The van der Waals surface area contributed by atoms with E-state index < -0.39 is 5.41 Å². The lowest BCUT2D eigenvalue weighted by Crippen LogP contribution is -2.53. The van der Waals surface area contributed by atoms with E-state index in [0.717, 1.165) is 50.3 Å². The number of hydrogen-bond donors (Lipinski definition) is 1. The van der Waals surface area contributed by atoms with Gasteiger partial charge in [-0.15, -0.1) is 0 Å². The maximum Gasteiger partial charge on any atom is 0.232 e. The Bertz CT molecular complexity index is 697. The number of likely N-dealkylation sites (N-methyl/N-ethyl adjacent to an activating group) is 1. The van der Waals surface area contributed by atoms with Crippen LogP contribution in [0.3, 0.4) is 0 Å². The van der Waals surface area contributed by atoms with Crippen LogP contribution in [0.25, 0.3) is 0 Å². The summed E-state index contributed by atoms with van der Waals surface area (Å²) in [4.78, 5) is 30.1. The maximum atomic E-state index is 13.3. The zero-order valence-corrected chi connectivity index (χ0v) is 16.5. The average Bonchev–Trinajstić information content (AvgIpc) is 2.71. The smallest absolute Gasteiger partial charge is 0.232 e. The van der Waals surface area contributed by atoms with Gasteiger partial charge in [0.25, 0.3) is 0 Å². The number of benzene rings is 1. The summed E-state index contributed by atoms with van der Waals surface area (Å²) < 4.78 is 0. The first kappa shape index (κ1) is 19.6. The van der Waals surface area contributed by atoms with Crippen LogP contribution in [0.2, 0.25) is 0 Å². The summed E-state index contributed by atoms with van der Waals surface area (Å²) in [6.45, 7) is 7.74. The Kier molecular flexibility index (Phi) is 6.32. The fourth-order valence-electron chi connectivity index (χ4n) is 4.33. The van der Waals surface area contributed by atoms with Crippen LogP contribution in [0.4, 0.5) is 5.69 Å². The molecule has 1 unspecified atom stereocenters. The van der Waals surface area contributed by atoms with Crippen LogP contribution >= 0.6 is 0 Å². The van der Waals surface area contributed by atoms with Crippen molar-refractivity contribution >= 4 is 17.5 Å². The highest BCUT2D eigenvalue weighted by Gasteiger charge is 2.49. The van der Waals surface area contributed by atoms with E-state index in [4.69, 9.17) is 0 Å². The summed E-state index contributed by atoms with van der Waals surface area (Å²) in [5.41, 5.74) is 1.16. The number of fused-ring (bicyclic) bond motifs is 1. The number of carbonyl (C=O) groups excluding carboxylic acids is 2. The van der Waals surface area contributed by atoms with Crippen LogP contribution in [0.15, 0.2) is 42.1 Å². The Morgan fingerprint density at radius 1 is 1.19 bits per heavy atom. The second-order valence-electron chi connectivity index (χ2n) is 7.41. The van der Waals surface area contributed by atoms with Crippen LogP contribution in [-0.2, 0) is 9.59 Å². The third-order valence-electron chi connectivity index (χ3n) is 5.95. The standard InChI is InChI=1S/C22H31N3O2/c1-3-24(4-2)17-16-23-21(27)22-14-9-8-12-19(22)25(20(26)13-15-22)18-10-6-5-7-11-18/h5-7,10-12H,3-4,8-9,13-17H2,1-2H3,(H,23,27). The van der Waals surface area contributed by atoms with Gasteiger partial charge in [0, 0.05) is 30.9 Å². The predicted octanol–water partition coefficient (Wildman–Crippen LogP) is 3.33. The molecule has 2 amide bonds. The van der Waals surface area contributed by atoms with Crippen LogP contribution in [-0.4, -0.2) is 42.9 Å². The molecule has 1 aliphatic heterocycles. The van der Waals surface area contributed by atoms with Gasteiger partial charge in [0.15, 0.2) is 0 Å². The number of nitrogens with zero attached hydrogens (tertiary/aromatic N) is 2. The lowest BCUT2D eigenvalue weighted by atomic mass is 9.69. The number of rotatable bonds is 7. The molecule has 0 bridgehead atoms. The van der Waals surface area contributed by atoms with Gasteiger partial charge in [-0.3, -0.25) is 14.5 Å². The molecule has 5 heteroatoms. The molecule has 27 heavy (non-hydrogen) atoms. The third-order valence-corrected chi connectivity index (χ3v) is 5.95. The molecular weight excluding hydrogens is 338 g/mol. The molecule has 0 aromatic heterocycles. The molecule has 1 heterocycles. The van der Waals surface area contributed by atoms with E-state index in [1.807, 2.05) is 30.3 Å². The molecular formula is C22H31N3O2. The first-order chi connectivity index (χ1) is 13.1. The minimum Gasteiger partial charge on any atom is -0.354 e. The first-order valence-electron chi connectivity index (χ1n) is 10.2. The van der Waals surface area contributed by atoms with Crippen LogP contribution in [0, 0.1) is 5.41 Å². The van der Waals surface area contributed by atoms with Gasteiger partial charge in [-0.05, 0) is 50.9 Å². The highest BCUT2D eigenvalue weighted by Crippen LogP contribution is 2.48. The number of para-hydroxylation sites is 1. The van der Waals surface area contributed by atoms with Gasteiger partial charge in [0.2, 0.25) is 11.8 Å². The van der Waals surface area contributed by atoms with Gasteiger partial charge >= 0.3 is 0 Å². The molecule has 3 rings (SSSR count). The van der Waals surface area contributed by atoms with Crippen molar-refractivity contribution < 1.29 is 9.59 Å². The van der Waals surface area contributed by atoms with Crippen LogP contribution in [0.1, 0.15) is 46.0 Å². The van der Waals surface area contributed by atoms with Gasteiger partial charge < -0.3 is 10.2 Å². The highest BCUT2D eigenvalue weighted by molar-refractivity contribution is 6.02. The molecule has 1 N–H and O–H groups in total. The molecule has 146 valence electrons. The van der Waals surface area contributed by atoms with Crippen molar-refractivity contribution in [3.8, 4) is 0 Å². The van der Waals surface area contributed by atoms with Crippen molar-refractivity contribution in [2.24, 2.45) is 5.41 Å². The van der Waals surface area contributed by atoms with Crippen LogP contribution < -0.4 is 10.2 Å². The van der Waals surface area contributed by atoms with E-state index in [2.05, 4.69) is 30.1 Å². The second kappa shape index (κ2) is 8.70. The highest BCUT2D eigenvalue weighted by atomic mass is 16.2. The number of carbonyl (C=O) groups is 2. The van der Waals surface area contributed by atoms with Gasteiger partial charge in [0.1, 0.15) is 0 Å². The fourth-order valence-corrected chi connectivity index (χ4v) is 4.33. The first-order valence-corrected chi connectivity index (χ1v) is 10.2. The molecule has 0 saturated carbocycles. The Labute approximate surface area is 162 Å². The van der Waals surface area contributed by atoms with Crippen molar-refractivity contribution in [1.82, 2.24) is 10.2 Å². The van der Waals surface area contributed by atoms with Crippen LogP contribution in [0.5, 0.6) is 0 Å². The van der Waals surface area contributed by atoms with E-state index in [1.54, 1.807) is 4.90 Å². The summed E-state index contributed by atoms with van der Waals surface area (Å²) in [6.07, 6.45) is 5.85. The van der Waals surface area contributed by atoms with Crippen molar-refractivity contribution in [2.75, 3.05) is 31.1 Å². The summed E-state index contributed by atoms with van der Waals surface area (Å²) in [7, 11) is 0. The van der Waals surface area contributed by atoms with Gasteiger partial charge in [0.05, 0.1) is 5.41 Å². The van der Waals surface area contributed by atoms with Crippen molar-refractivity contribution in [3.05, 3.63) is 42.1 Å². The van der Waals surface area contributed by atoms with E-state index in [9.17, 15) is 9.59 Å². The monoisotopic (exact) mass is 369 g/mol. The topological polar surface area (TPSA) is 52.7 Å². The largest absolute Gasteiger partial charge is 0.354 e. The number of piperidine rings is 1. The Balaban J connectivity index is 1.82. The Hall–Kier alpha value is -2.14. The maximum absolute atomic E-state index is 13.3. The molecule has 5 nitrogen and oxygen atoms in total. The second-order valence-corrected chi connectivity index (χ2v) is 7.41. The Morgan fingerprint density at radius 3 is 2.63 bits per heavy atom. The number of amides is 2. The molecule has 1 aromatic rings. The lowest BCUT2D eigenvalue weighted by Gasteiger charge is -2.46. The van der Waals surface area contributed by atoms with E-state index in [0.29, 0.717) is 19.4 Å². The molecule has 1 aromatic carbocycles. The summed E-state index contributed by atoms with van der Waals surface area (Å²) in [6, 6.07) is 9.71. The molecule has 2 aliphatic rings.